The number of carbonyl (C=O) groups is 1. The summed E-state index contributed by atoms with van der Waals surface area (Å²) in [7, 11) is 0. The van der Waals surface area contributed by atoms with Crippen molar-refractivity contribution in [3.8, 4) is 0 Å². The van der Waals surface area contributed by atoms with E-state index in [2.05, 4.69) is 11.1 Å². The molecule has 1 aromatic rings. The normalized spacial score (nSPS) is 16.0. The summed E-state index contributed by atoms with van der Waals surface area (Å²) in [6.07, 6.45) is 5.46. The lowest BCUT2D eigenvalue weighted by molar-refractivity contribution is 0.150. The van der Waals surface area contributed by atoms with Gasteiger partial charge in [0, 0.05) is 25.5 Å². The molecule has 0 saturated carbocycles. The lowest BCUT2D eigenvalue weighted by atomic mass is 10.0. The Morgan fingerprint density at radius 3 is 2.80 bits per heavy atom. The van der Waals surface area contributed by atoms with Crippen LogP contribution in [0.4, 0.5) is 4.79 Å². The molecule has 78 valence electrons. The van der Waals surface area contributed by atoms with Crippen LogP contribution in [0.25, 0.3) is 5.57 Å². The number of amides is 1. The van der Waals surface area contributed by atoms with Crippen molar-refractivity contribution in [2.75, 3.05) is 13.1 Å². The Hall–Kier alpha value is -1.84. The smallest absolute Gasteiger partial charge is 0.407 e. The molecule has 0 saturated heterocycles. The summed E-state index contributed by atoms with van der Waals surface area (Å²) < 4.78 is 0. The van der Waals surface area contributed by atoms with Crippen LogP contribution in [0.2, 0.25) is 0 Å². The van der Waals surface area contributed by atoms with Crippen molar-refractivity contribution in [3.63, 3.8) is 0 Å². The van der Waals surface area contributed by atoms with Gasteiger partial charge in [-0.2, -0.15) is 0 Å². The standard InChI is InChI=1S/C11H12N2O2/c14-11(15)13-7-1-2-10(8-13)9-3-5-12-6-4-9/h2-6H,1,7-8H2,(H,14,15). The van der Waals surface area contributed by atoms with Crippen molar-refractivity contribution in [1.82, 2.24) is 9.88 Å². The van der Waals surface area contributed by atoms with Crippen LogP contribution in [0.1, 0.15) is 12.0 Å². The second kappa shape index (κ2) is 4.13. The molecule has 1 N–H and O–H groups in total. The van der Waals surface area contributed by atoms with Crippen LogP contribution in [-0.4, -0.2) is 34.2 Å². The molecule has 0 bridgehead atoms. The van der Waals surface area contributed by atoms with E-state index in [4.69, 9.17) is 5.11 Å². The van der Waals surface area contributed by atoms with Crippen LogP contribution in [-0.2, 0) is 0 Å². The van der Waals surface area contributed by atoms with Gasteiger partial charge in [0.1, 0.15) is 0 Å². The van der Waals surface area contributed by atoms with Gasteiger partial charge in [-0.1, -0.05) is 6.08 Å². The van der Waals surface area contributed by atoms with Crippen molar-refractivity contribution in [2.45, 2.75) is 6.42 Å². The molecular weight excluding hydrogens is 192 g/mol. The molecule has 1 aromatic heterocycles. The number of aromatic nitrogens is 1. The minimum Gasteiger partial charge on any atom is -0.465 e. The molecule has 0 unspecified atom stereocenters. The van der Waals surface area contributed by atoms with Crippen LogP contribution in [0, 0.1) is 0 Å². The Labute approximate surface area is 87.9 Å². The van der Waals surface area contributed by atoms with Crippen molar-refractivity contribution in [1.29, 1.82) is 0 Å². The quantitative estimate of drug-likeness (QED) is 0.759. The number of hydrogen-bond donors (Lipinski definition) is 1. The lowest BCUT2D eigenvalue weighted by Crippen LogP contribution is -2.34. The van der Waals surface area contributed by atoms with Gasteiger partial charge in [-0.15, -0.1) is 0 Å². The van der Waals surface area contributed by atoms with Crippen LogP contribution >= 0.6 is 0 Å². The van der Waals surface area contributed by atoms with Gasteiger partial charge in [0.15, 0.2) is 0 Å². The Kier molecular flexibility index (Phi) is 2.67. The Morgan fingerprint density at radius 1 is 1.40 bits per heavy atom. The van der Waals surface area contributed by atoms with Crippen LogP contribution in [0.15, 0.2) is 30.6 Å². The van der Waals surface area contributed by atoms with Gasteiger partial charge >= 0.3 is 6.09 Å². The highest BCUT2D eigenvalue weighted by Gasteiger charge is 2.17. The zero-order valence-corrected chi connectivity index (χ0v) is 8.26. The van der Waals surface area contributed by atoms with E-state index in [-0.39, 0.29) is 0 Å². The van der Waals surface area contributed by atoms with Crippen molar-refractivity contribution >= 4 is 11.7 Å². The van der Waals surface area contributed by atoms with E-state index in [1.54, 1.807) is 12.4 Å². The third-order valence-electron chi connectivity index (χ3n) is 2.47. The molecular formula is C11H12N2O2. The monoisotopic (exact) mass is 204 g/mol. The maximum Gasteiger partial charge on any atom is 0.407 e. The molecule has 0 radical (unpaired) electrons. The van der Waals surface area contributed by atoms with Crippen molar-refractivity contribution < 1.29 is 9.90 Å². The summed E-state index contributed by atoms with van der Waals surface area (Å²) in [6, 6.07) is 3.80. The second-order valence-corrected chi connectivity index (χ2v) is 3.46. The van der Waals surface area contributed by atoms with E-state index in [1.807, 2.05) is 12.1 Å². The zero-order valence-electron chi connectivity index (χ0n) is 8.26. The molecule has 0 spiro atoms. The topological polar surface area (TPSA) is 53.4 Å². The summed E-state index contributed by atoms with van der Waals surface area (Å²) in [4.78, 5) is 16.2. The summed E-state index contributed by atoms with van der Waals surface area (Å²) >= 11 is 0. The van der Waals surface area contributed by atoms with Gasteiger partial charge in [-0.25, -0.2) is 4.79 Å². The maximum absolute atomic E-state index is 10.8. The number of hydrogen-bond acceptors (Lipinski definition) is 2. The highest BCUT2D eigenvalue weighted by Crippen LogP contribution is 2.19. The molecule has 2 heterocycles. The Bertz CT molecular complexity index is 387. The molecule has 0 atom stereocenters. The fourth-order valence-corrected chi connectivity index (χ4v) is 1.68. The molecule has 4 nitrogen and oxygen atoms in total. The predicted molar refractivity (Wildman–Crippen MR) is 56.4 cm³/mol. The highest BCUT2D eigenvalue weighted by molar-refractivity contribution is 5.73. The fourth-order valence-electron chi connectivity index (χ4n) is 1.68. The molecule has 4 heteroatoms. The van der Waals surface area contributed by atoms with E-state index in [0.717, 1.165) is 17.6 Å². The number of nitrogens with zero attached hydrogens (tertiary/aromatic N) is 2. The van der Waals surface area contributed by atoms with Crippen molar-refractivity contribution in [2.24, 2.45) is 0 Å². The highest BCUT2D eigenvalue weighted by atomic mass is 16.4. The first-order valence-corrected chi connectivity index (χ1v) is 4.84. The summed E-state index contributed by atoms with van der Waals surface area (Å²) in [5.74, 6) is 0. The van der Waals surface area contributed by atoms with Gasteiger partial charge in [0.25, 0.3) is 0 Å². The van der Waals surface area contributed by atoms with E-state index in [1.165, 1.54) is 4.90 Å². The third-order valence-corrected chi connectivity index (χ3v) is 2.47. The van der Waals surface area contributed by atoms with Gasteiger partial charge in [0.05, 0.1) is 0 Å². The molecule has 1 aliphatic heterocycles. The first kappa shape index (κ1) is 9.71. The van der Waals surface area contributed by atoms with Gasteiger partial charge in [0.2, 0.25) is 0 Å². The number of carboxylic acid groups (broad SMARTS) is 1. The molecule has 1 amide bonds. The van der Waals surface area contributed by atoms with E-state index in [9.17, 15) is 4.79 Å². The zero-order chi connectivity index (χ0) is 10.7. The van der Waals surface area contributed by atoms with Crippen LogP contribution < -0.4 is 0 Å². The molecule has 2 rings (SSSR count). The molecule has 1 aliphatic rings. The average molecular weight is 204 g/mol. The number of rotatable bonds is 1. The van der Waals surface area contributed by atoms with E-state index in [0.29, 0.717) is 13.1 Å². The largest absolute Gasteiger partial charge is 0.465 e. The summed E-state index contributed by atoms with van der Waals surface area (Å²) in [6.45, 7) is 1.06. The van der Waals surface area contributed by atoms with Gasteiger partial charge in [-0.05, 0) is 29.7 Å². The molecule has 0 fully saturated rings. The van der Waals surface area contributed by atoms with Gasteiger partial charge < -0.3 is 10.0 Å². The minimum atomic E-state index is -0.852. The predicted octanol–water partition coefficient (Wildman–Crippen LogP) is 1.85. The van der Waals surface area contributed by atoms with Crippen LogP contribution in [0.3, 0.4) is 0 Å². The molecule has 0 aliphatic carbocycles. The molecule has 0 aromatic carbocycles. The average Bonchev–Trinajstić information content (AvgIpc) is 2.30. The fraction of sp³-hybridized carbons (Fsp3) is 0.273. The summed E-state index contributed by atoms with van der Waals surface area (Å²) in [5.41, 5.74) is 2.11. The summed E-state index contributed by atoms with van der Waals surface area (Å²) in [5, 5.41) is 8.89. The second-order valence-electron chi connectivity index (χ2n) is 3.46. The van der Waals surface area contributed by atoms with Crippen molar-refractivity contribution in [3.05, 3.63) is 36.2 Å². The Morgan fingerprint density at radius 2 is 2.13 bits per heavy atom. The number of pyridine rings is 1. The molecule has 15 heavy (non-hydrogen) atoms. The van der Waals surface area contributed by atoms with Crippen LogP contribution in [0.5, 0.6) is 0 Å². The van der Waals surface area contributed by atoms with E-state index >= 15 is 0 Å². The first-order chi connectivity index (χ1) is 7.27. The van der Waals surface area contributed by atoms with E-state index < -0.39 is 6.09 Å². The first-order valence-electron chi connectivity index (χ1n) is 4.84. The minimum absolute atomic E-state index is 0.472. The Balaban J connectivity index is 2.18. The SMILES string of the molecule is O=C(O)N1CCC=C(c2ccncc2)C1. The maximum atomic E-state index is 10.8. The lowest BCUT2D eigenvalue weighted by Gasteiger charge is -2.24. The third kappa shape index (κ3) is 2.15. The van der Waals surface area contributed by atoms with Gasteiger partial charge in [-0.3, -0.25) is 4.98 Å².